The molecule has 1 aliphatic heterocycles. The number of hydrogen-bond donors (Lipinski definition) is 4. The first kappa shape index (κ1) is 31.1. The molecule has 4 rings (SSSR count). The van der Waals surface area contributed by atoms with Crippen LogP contribution in [-0.2, 0) is 9.53 Å². The summed E-state index contributed by atoms with van der Waals surface area (Å²) >= 11 is 0. The van der Waals surface area contributed by atoms with E-state index in [-0.39, 0.29) is 17.9 Å². The van der Waals surface area contributed by atoms with Crippen LogP contribution in [0.1, 0.15) is 89.0 Å². The lowest BCUT2D eigenvalue weighted by Gasteiger charge is -2.14. The lowest BCUT2D eigenvalue weighted by atomic mass is 10.0. The number of aromatic amines is 1. The molecule has 0 bridgehead atoms. The van der Waals surface area contributed by atoms with Crippen LogP contribution in [0.3, 0.4) is 0 Å². The lowest BCUT2D eigenvalue weighted by Crippen LogP contribution is -2.26. The Morgan fingerprint density at radius 2 is 1.77 bits per heavy atom. The van der Waals surface area contributed by atoms with Gasteiger partial charge < -0.3 is 26.1 Å². The number of anilines is 1. The zero-order chi connectivity index (χ0) is 29.1. The largest absolute Gasteiger partial charge is 0.385 e. The highest BCUT2D eigenvalue weighted by Crippen LogP contribution is 2.34. The van der Waals surface area contributed by atoms with Crippen LogP contribution in [0, 0.1) is 13.8 Å². The van der Waals surface area contributed by atoms with Crippen molar-refractivity contribution in [2.24, 2.45) is 5.73 Å². The molecule has 3 amide bonds. The van der Waals surface area contributed by atoms with Gasteiger partial charge in [0, 0.05) is 41.9 Å². The van der Waals surface area contributed by atoms with Gasteiger partial charge in [-0.15, -0.1) is 0 Å². The zero-order valence-electron chi connectivity index (χ0n) is 23.9. The molecule has 39 heavy (non-hydrogen) atoms. The van der Waals surface area contributed by atoms with Crippen molar-refractivity contribution in [1.29, 1.82) is 0 Å². The third-order valence-corrected chi connectivity index (χ3v) is 6.13. The Hall–Kier alpha value is -4.17. The van der Waals surface area contributed by atoms with Crippen molar-refractivity contribution in [3.8, 4) is 0 Å². The van der Waals surface area contributed by atoms with Crippen LogP contribution in [0.4, 0.5) is 5.69 Å². The average molecular weight is 533 g/mol. The average Bonchev–Trinajstić information content (AvgIpc) is 3.40. The van der Waals surface area contributed by atoms with E-state index in [1.165, 1.54) is 0 Å². The minimum Gasteiger partial charge on any atom is -0.385 e. The van der Waals surface area contributed by atoms with E-state index in [1.54, 1.807) is 45.2 Å². The minimum atomic E-state index is -0.524. The molecule has 0 radical (unpaired) electrons. The molecule has 1 atom stereocenters. The number of nitrogens with two attached hydrogens (primary N) is 1. The molecule has 2 aromatic carbocycles. The van der Waals surface area contributed by atoms with Crippen LogP contribution in [-0.4, -0.2) is 36.4 Å². The molecule has 5 N–H and O–H groups in total. The molecular formula is C31H40N4O4. The molecule has 1 unspecified atom stereocenters. The van der Waals surface area contributed by atoms with Crippen molar-refractivity contribution in [2.75, 3.05) is 19.0 Å². The first-order chi connectivity index (χ1) is 18.7. The molecule has 2 heterocycles. The second-order valence-corrected chi connectivity index (χ2v) is 8.90. The summed E-state index contributed by atoms with van der Waals surface area (Å²) in [4.78, 5) is 40.3. The van der Waals surface area contributed by atoms with Crippen LogP contribution in [0.25, 0.3) is 11.6 Å². The van der Waals surface area contributed by atoms with Gasteiger partial charge in [-0.25, -0.2) is 0 Å². The second-order valence-electron chi connectivity index (χ2n) is 8.90. The standard InChI is InChI=1S/C25H24N4O3.C4H10O.C2H6/c1-13-21(27-15(3)22(13)23(26)30)12-19-18-11-17(9-10-20(18)29-25(19)32)24(31)28-14(2)16-7-5-4-6-8-16;1-3-4-5-2;1-2/h4-12,14,27H,1-3H3,(H2,26,30)(H,28,31)(H,29,32);3-4H2,1-2H3;1-2H3/b19-12-;;. The Labute approximate surface area is 231 Å². The fraction of sp³-hybridized carbons (Fsp3) is 0.323. The number of methoxy groups -OCH3 is 1. The normalized spacial score (nSPS) is 13.3. The maximum Gasteiger partial charge on any atom is 0.256 e. The van der Waals surface area contributed by atoms with Crippen molar-refractivity contribution >= 4 is 35.1 Å². The Morgan fingerprint density at radius 3 is 2.31 bits per heavy atom. The maximum absolute atomic E-state index is 12.9. The van der Waals surface area contributed by atoms with Crippen LogP contribution >= 0.6 is 0 Å². The van der Waals surface area contributed by atoms with E-state index in [9.17, 15) is 14.4 Å². The molecule has 8 heteroatoms. The summed E-state index contributed by atoms with van der Waals surface area (Å²) in [7, 11) is 1.71. The molecule has 3 aromatic rings. The van der Waals surface area contributed by atoms with Gasteiger partial charge in [0.1, 0.15) is 0 Å². The summed E-state index contributed by atoms with van der Waals surface area (Å²) < 4.78 is 4.69. The van der Waals surface area contributed by atoms with Crippen LogP contribution < -0.4 is 16.4 Å². The van der Waals surface area contributed by atoms with E-state index >= 15 is 0 Å². The predicted molar refractivity (Wildman–Crippen MR) is 158 cm³/mol. The SMILES string of the molecule is CC.CCCOC.Cc1[nH]c(/C=C2\C(=O)Nc3ccc(C(=O)NC(C)c4ccccc4)cc32)c(C)c1C(N)=O. The van der Waals surface area contributed by atoms with E-state index in [2.05, 4.69) is 22.5 Å². The van der Waals surface area contributed by atoms with Gasteiger partial charge in [-0.05, 0) is 62.6 Å². The molecule has 208 valence electrons. The van der Waals surface area contributed by atoms with Gasteiger partial charge in [-0.1, -0.05) is 51.1 Å². The molecule has 0 spiro atoms. The van der Waals surface area contributed by atoms with Gasteiger partial charge in [0.05, 0.1) is 17.2 Å². The number of aromatic nitrogens is 1. The van der Waals surface area contributed by atoms with Gasteiger partial charge >= 0.3 is 0 Å². The number of primary amides is 1. The number of fused-ring (bicyclic) bond motifs is 1. The van der Waals surface area contributed by atoms with Crippen molar-refractivity contribution in [1.82, 2.24) is 10.3 Å². The number of ether oxygens (including phenoxy) is 1. The van der Waals surface area contributed by atoms with Crippen LogP contribution in [0.2, 0.25) is 0 Å². The summed E-state index contributed by atoms with van der Waals surface area (Å²) in [5, 5.41) is 5.81. The monoisotopic (exact) mass is 532 g/mol. The first-order valence-electron chi connectivity index (χ1n) is 13.2. The highest BCUT2D eigenvalue weighted by atomic mass is 16.5. The topological polar surface area (TPSA) is 126 Å². The molecule has 1 aromatic heterocycles. The number of carbonyl (C=O) groups excluding carboxylic acids is 3. The smallest absolute Gasteiger partial charge is 0.256 e. The highest BCUT2D eigenvalue weighted by molar-refractivity contribution is 6.35. The third-order valence-electron chi connectivity index (χ3n) is 6.13. The molecular weight excluding hydrogens is 492 g/mol. The minimum absolute atomic E-state index is 0.163. The number of amides is 3. The summed E-state index contributed by atoms with van der Waals surface area (Å²) in [6, 6.07) is 14.6. The highest BCUT2D eigenvalue weighted by Gasteiger charge is 2.26. The number of nitrogens with one attached hydrogen (secondary N) is 3. The number of hydrogen-bond acceptors (Lipinski definition) is 4. The Morgan fingerprint density at radius 1 is 1.10 bits per heavy atom. The van der Waals surface area contributed by atoms with Crippen LogP contribution in [0.5, 0.6) is 0 Å². The molecule has 0 saturated heterocycles. The molecule has 0 saturated carbocycles. The zero-order valence-corrected chi connectivity index (χ0v) is 23.9. The van der Waals surface area contributed by atoms with Gasteiger partial charge in [-0.2, -0.15) is 0 Å². The molecule has 1 aliphatic rings. The van der Waals surface area contributed by atoms with Crippen molar-refractivity contribution in [2.45, 2.75) is 54.0 Å². The quantitative estimate of drug-likeness (QED) is 0.288. The van der Waals surface area contributed by atoms with Crippen molar-refractivity contribution in [3.05, 3.63) is 87.7 Å². The third kappa shape index (κ3) is 7.67. The van der Waals surface area contributed by atoms with E-state index in [1.807, 2.05) is 51.1 Å². The fourth-order valence-electron chi connectivity index (χ4n) is 4.21. The summed E-state index contributed by atoms with van der Waals surface area (Å²) in [6.45, 7) is 12.4. The van der Waals surface area contributed by atoms with Gasteiger partial charge in [-0.3, -0.25) is 14.4 Å². The van der Waals surface area contributed by atoms with Gasteiger partial charge in [0.15, 0.2) is 0 Å². The van der Waals surface area contributed by atoms with E-state index in [0.717, 1.165) is 18.6 Å². The lowest BCUT2D eigenvalue weighted by molar-refractivity contribution is -0.110. The fourth-order valence-corrected chi connectivity index (χ4v) is 4.21. The Balaban J connectivity index is 0.000000686. The van der Waals surface area contributed by atoms with Crippen molar-refractivity contribution < 1.29 is 19.1 Å². The van der Waals surface area contributed by atoms with Gasteiger partial charge in [0.2, 0.25) is 0 Å². The number of aryl methyl sites for hydroxylation is 1. The number of H-pyrrole nitrogens is 1. The van der Waals surface area contributed by atoms with E-state index in [4.69, 9.17) is 10.5 Å². The molecule has 0 aliphatic carbocycles. The van der Waals surface area contributed by atoms with Gasteiger partial charge in [0.25, 0.3) is 17.7 Å². The Kier molecular flexibility index (Phi) is 11.7. The summed E-state index contributed by atoms with van der Waals surface area (Å²) in [5.41, 5.74) is 10.9. The van der Waals surface area contributed by atoms with E-state index < -0.39 is 5.91 Å². The van der Waals surface area contributed by atoms with E-state index in [0.29, 0.717) is 44.9 Å². The Bertz CT molecular complexity index is 1320. The molecule has 8 nitrogen and oxygen atoms in total. The molecule has 0 fully saturated rings. The maximum atomic E-state index is 12.9. The number of carbonyl (C=O) groups is 3. The number of benzene rings is 2. The second kappa shape index (κ2) is 14.7. The summed E-state index contributed by atoms with van der Waals surface area (Å²) in [5.74, 6) is -1.03. The van der Waals surface area contributed by atoms with Crippen molar-refractivity contribution in [3.63, 3.8) is 0 Å². The summed E-state index contributed by atoms with van der Waals surface area (Å²) in [6.07, 6.45) is 2.81. The van der Waals surface area contributed by atoms with Crippen LogP contribution in [0.15, 0.2) is 48.5 Å². The predicted octanol–water partition coefficient (Wildman–Crippen LogP) is 5.78. The first-order valence-corrected chi connectivity index (χ1v) is 13.2. The number of rotatable bonds is 7.